The highest BCUT2D eigenvalue weighted by molar-refractivity contribution is 5.82. The van der Waals surface area contributed by atoms with E-state index in [1.807, 2.05) is 26.7 Å². The Kier molecular flexibility index (Phi) is 20.4. The molecule has 2 fully saturated rings. The lowest BCUT2D eigenvalue weighted by molar-refractivity contribution is -0.139. The number of rotatable bonds is 16. The van der Waals surface area contributed by atoms with Crippen LogP contribution in [-0.2, 0) is 65.3 Å². The van der Waals surface area contributed by atoms with Gasteiger partial charge in [0.15, 0.2) is 0 Å². The maximum absolute atomic E-state index is 13.8. The zero-order valence-corrected chi connectivity index (χ0v) is 41.0. The van der Waals surface area contributed by atoms with E-state index in [1.165, 1.54) is 0 Å². The van der Waals surface area contributed by atoms with E-state index in [-0.39, 0.29) is 69.7 Å². The van der Waals surface area contributed by atoms with Gasteiger partial charge in [0.2, 0.25) is 17.7 Å². The van der Waals surface area contributed by atoms with Crippen molar-refractivity contribution in [3.05, 3.63) is 153 Å². The van der Waals surface area contributed by atoms with E-state index in [0.717, 1.165) is 73.4 Å². The molecule has 6 aromatic rings. The molecule has 0 saturated carbocycles. The molecular formula is C54H68F6N12O3. The number of piperidine rings is 2. The van der Waals surface area contributed by atoms with E-state index in [1.54, 1.807) is 81.7 Å². The molecule has 5 N–H and O–H groups in total. The fourth-order valence-corrected chi connectivity index (χ4v) is 9.34. The van der Waals surface area contributed by atoms with Crippen LogP contribution in [0.3, 0.4) is 0 Å². The molecule has 75 heavy (non-hydrogen) atoms. The number of benzene rings is 2. The molecule has 15 nitrogen and oxygen atoms in total. The summed E-state index contributed by atoms with van der Waals surface area (Å²) >= 11 is 0. The van der Waals surface area contributed by atoms with Crippen LogP contribution >= 0.6 is 0 Å². The molecule has 0 bridgehead atoms. The van der Waals surface area contributed by atoms with Crippen LogP contribution in [0.5, 0.6) is 0 Å². The van der Waals surface area contributed by atoms with Gasteiger partial charge in [-0.2, -0.15) is 36.5 Å². The van der Waals surface area contributed by atoms with Crippen molar-refractivity contribution >= 4 is 17.7 Å². The number of nitrogens with two attached hydrogens (primary N) is 2. The Morgan fingerprint density at radius 3 is 1.41 bits per heavy atom. The molecular weight excluding hydrogens is 979 g/mol. The minimum atomic E-state index is -4.59. The number of carbonyl (C=O) groups is 3. The van der Waals surface area contributed by atoms with Crippen molar-refractivity contribution in [2.45, 2.75) is 136 Å². The second kappa shape index (κ2) is 26.0. The number of amides is 3. The summed E-state index contributed by atoms with van der Waals surface area (Å²) in [5.74, 6) is -1.42. The first kappa shape index (κ1) is 58.9. The number of halogens is 6. The third-order valence-corrected chi connectivity index (χ3v) is 13.6. The number of primary amides is 2. The molecule has 3 amide bonds. The molecule has 21 heteroatoms. The van der Waals surface area contributed by atoms with Crippen LogP contribution in [0.4, 0.5) is 26.3 Å². The summed E-state index contributed by atoms with van der Waals surface area (Å²) in [4.78, 5) is 53.4. The minimum Gasteiger partial charge on any atom is -0.369 e. The average Bonchev–Trinajstić information content (AvgIpc) is 4.05. The highest BCUT2D eigenvalue weighted by atomic mass is 19.4. The summed E-state index contributed by atoms with van der Waals surface area (Å²) in [6, 6.07) is 14.7. The van der Waals surface area contributed by atoms with E-state index in [2.05, 4.69) is 35.5 Å². The fourth-order valence-electron chi connectivity index (χ4n) is 9.34. The first-order valence-corrected chi connectivity index (χ1v) is 24.4. The molecule has 0 aliphatic carbocycles. The molecule has 2 unspecified atom stereocenters. The van der Waals surface area contributed by atoms with Gasteiger partial charge in [0.25, 0.3) is 0 Å². The monoisotopic (exact) mass is 1050 g/mol. The van der Waals surface area contributed by atoms with Gasteiger partial charge in [0, 0.05) is 57.6 Å². The highest BCUT2D eigenvalue weighted by Gasteiger charge is 2.36. The summed E-state index contributed by atoms with van der Waals surface area (Å²) < 4.78 is 86.1. The summed E-state index contributed by atoms with van der Waals surface area (Å²) in [5.41, 5.74) is 13.6. The Hall–Kier alpha value is -7.03. The van der Waals surface area contributed by atoms with Crippen molar-refractivity contribution in [3.63, 3.8) is 0 Å². The van der Waals surface area contributed by atoms with Gasteiger partial charge in [-0.25, -0.2) is 19.9 Å². The molecule has 2 aromatic carbocycles. The standard InChI is InChI=1S/C27H31F3N6O2.C25H29F3N6O.2CH4/c1-17(26(31)38)22-6-4-3-5-20(22)7-8-24-23(27(28,29)30)15-32-25(34-24)13-19-14-33-36(16-19)21-9-11-35(12-10-21)18(2)37;1-16(24(29)35)20-5-3-2-4-18(20)6-7-22-21(25(26,27)28)14-31-23(33-22)12-17-13-32-34(15-17)19-8-10-30-11-9-19;;/h3-6,14-17,21H,7-13H2,1-2H3,(H2,31,38);2-5,13-16,19,30H,6-12H2,1H3,(H2,29,35);2*1H4. The molecule has 2 atom stereocenters. The minimum absolute atomic E-state index is 0. The Morgan fingerprint density at radius 1 is 0.627 bits per heavy atom. The van der Waals surface area contributed by atoms with E-state index in [0.29, 0.717) is 48.9 Å². The van der Waals surface area contributed by atoms with Gasteiger partial charge in [-0.05, 0) is 112 Å². The first-order valence-electron chi connectivity index (χ1n) is 24.4. The Morgan fingerprint density at radius 2 is 1.03 bits per heavy atom. The number of nitrogens with zero attached hydrogens (tertiary/aromatic N) is 9. The summed E-state index contributed by atoms with van der Waals surface area (Å²) in [7, 11) is 0. The maximum atomic E-state index is 13.8. The third-order valence-electron chi connectivity index (χ3n) is 13.6. The number of likely N-dealkylation sites (tertiary alicyclic amines) is 1. The fraction of sp³-hybridized carbons (Fsp3) is 0.463. The first-order chi connectivity index (χ1) is 34.7. The summed E-state index contributed by atoms with van der Waals surface area (Å²) in [5, 5.41) is 12.2. The van der Waals surface area contributed by atoms with Crippen LogP contribution in [0, 0.1) is 0 Å². The van der Waals surface area contributed by atoms with Gasteiger partial charge in [-0.15, -0.1) is 0 Å². The molecule has 2 aliphatic heterocycles. The number of nitrogens with one attached hydrogen (secondary N) is 1. The molecule has 0 spiro atoms. The van der Waals surface area contributed by atoms with Crippen molar-refractivity contribution in [2.75, 3.05) is 26.2 Å². The topological polar surface area (TPSA) is 206 Å². The zero-order chi connectivity index (χ0) is 52.5. The number of hydrogen-bond acceptors (Lipinski definition) is 10. The predicted molar refractivity (Wildman–Crippen MR) is 272 cm³/mol. The van der Waals surface area contributed by atoms with Crippen LogP contribution in [0.1, 0.15) is 153 Å². The number of aromatic nitrogens is 8. The number of alkyl halides is 6. The summed E-state index contributed by atoms with van der Waals surface area (Å²) in [6.45, 7) is 8.14. The van der Waals surface area contributed by atoms with Gasteiger partial charge < -0.3 is 21.7 Å². The predicted octanol–water partition coefficient (Wildman–Crippen LogP) is 8.69. The Labute approximate surface area is 434 Å². The van der Waals surface area contributed by atoms with Crippen molar-refractivity contribution in [3.8, 4) is 0 Å². The Balaban J connectivity index is 0.000000271. The van der Waals surface area contributed by atoms with Crippen LogP contribution in [0.15, 0.2) is 85.7 Å². The second-order valence-corrected chi connectivity index (χ2v) is 18.7. The van der Waals surface area contributed by atoms with Crippen LogP contribution in [-0.4, -0.2) is 88.3 Å². The van der Waals surface area contributed by atoms with Crippen molar-refractivity contribution in [1.29, 1.82) is 0 Å². The van der Waals surface area contributed by atoms with Crippen LogP contribution < -0.4 is 16.8 Å². The lowest BCUT2D eigenvalue weighted by Gasteiger charge is -2.31. The lowest BCUT2D eigenvalue weighted by Crippen LogP contribution is -2.37. The van der Waals surface area contributed by atoms with Crippen molar-refractivity contribution in [1.82, 2.24) is 49.7 Å². The summed E-state index contributed by atoms with van der Waals surface area (Å²) in [6.07, 6.45) is 4.50. The van der Waals surface area contributed by atoms with E-state index >= 15 is 0 Å². The quantitative estimate of drug-likeness (QED) is 0.0787. The normalized spacial score (nSPS) is 15.2. The second-order valence-electron chi connectivity index (χ2n) is 18.7. The molecule has 0 radical (unpaired) electrons. The Bertz CT molecular complexity index is 2850. The molecule has 404 valence electrons. The molecule has 4 aromatic heterocycles. The van der Waals surface area contributed by atoms with Gasteiger partial charge in [-0.3, -0.25) is 23.7 Å². The number of hydrogen-bond donors (Lipinski definition) is 3. The van der Waals surface area contributed by atoms with Crippen molar-refractivity contribution < 1.29 is 40.7 Å². The maximum Gasteiger partial charge on any atom is 0.419 e. The molecule has 2 saturated heterocycles. The highest BCUT2D eigenvalue weighted by Crippen LogP contribution is 2.34. The van der Waals surface area contributed by atoms with E-state index in [9.17, 15) is 40.7 Å². The third kappa shape index (κ3) is 15.5. The van der Waals surface area contributed by atoms with Crippen LogP contribution in [0.25, 0.3) is 0 Å². The number of aryl methyl sites for hydroxylation is 4. The average molecular weight is 1050 g/mol. The SMILES string of the molecule is C.C.CC(=O)N1CCC(n2cc(Cc3ncc(C(F)(F)F)c(CCc4ccccc4C(C)C(N)=O)n3)cn2)CC1.CC(C(N)=O)c1ccccc1CCc1nc(Cc2cnn(C3CCNCC3)c2)ncc1C(F)(F)F. The van der Waals surface area contributed by atoms with Gasteiger partial charge >= 0.3 is 12.4 Å². The lowest BCUT2D eigenvalue weighted by atomic mass is 9.92. The molecule has 6 heterocycles. The molecule has 2 aliphatic rings. The largest absolute Gasteiger partial charge is 0.419 e. The number of carbonyl (C=O) groups excluding carboxylic acids is 3. The van der Waals surface area contributed by atoms with Crippen LogP contribution in [0.2, 0.25) is 0 Å². The van der Waals surface area contributed by atoms with E-state index in [4.69, 9.17) is 11.5 Å². The molecule has 8 rings (SSSR count). The smallest absolute Gasteiger partial charge is 0.369 e. The van der Waals surface area contributed by atoms with Gasteiger partial charge in [-0.1, -0.05) is 63.4 Å². The zero-order valence-electron chi connectivity index (χ0n) is 41.0. The van der Waals surface area contributed by atoms with Gasteiger partial charge in [0.1, 0.15) is 11.6 Å². The van der Waals surface area contributed by atoms with Gasteiger partial charge in [0.05, 0.1) is 58.8 Å². The van der Waals surface area contributed by atoms with Crippen molar-refractivity contribution in [2.24, 2.45) is 11.5 Å². The van der Waals surface area contributed by atoms with E-state index < -0.39 is 47.1 Å².